The molecule has 0 radical (unpaired) electrons. The zero-order valence-electron chi connectivity index (χ0n) is 10.4. The molecule has 0 aliphatic carbocycles. The summed E-state index contributed by atoms with van der Waals surface area (Å²) >= 11 is 5.77. The molecule has 0 saturated carbocycles. The van der Waals surface area contributed by atoms with Crippen molar-refractivity contribution in [3.8, 4) is 0 Å². The Bertz CT molecular complexity index is 676. The average Bonchev–Trinajstić information content (AvgIpc) is 2.33. The van der Waals surface area contributed by atoms with Gasteiger partial charge < -0.3 is 5.43 Å². The highest BCUT2D eigenvalue weighted by atomic mass is 35.5. The number of hydrogen-bond acceptors (Lipinski definition) is 7. The van der Waals surface area contributed by atoms with Crippen LogP contribution in [-0.4, -0.2) is 41.2 Å². The monoisotopic (exact) mass is 343 g/mol. The van der Waals surface area contributed by atoms with Crippen molar-refractivity contribution in [2.75, 3.05) is 24.8 Å². The second kappa shape index (κ2) is 6.65. The molecule has 1 aromatic rings. The number of aromatic nitrogens is 1. The van der Waals surface area contributed by atoms with Crippen molar-refractivity contribution in [2.45, 2.75) is 4.90 Å². The largest absolute Gasteiger partial charge is 0.307 e. The van der Waals surface area contributed by atoms with Gasteiger partial charge in [0.1, 0.15) is 4.90 Å². The lowest BCUT2D eigenvalue weighted by atomic mass is 10.5. The lowest BCUT2D eigenvalue weighted by Crippen LogP contribution is -2.34. The number of hydrogen-bond donors (Lipinski definition) is 4. The molecule has 0 atom stereocenters. The van der Waals surface area contributed by atoms with Crippen LogP contribution in [-0.2, 0) is 20.0 Å². The van der Waals surface area contributed by atoms with Crippen molar-refractivity contribution in [1.29, 1.82) is 0 Å². The number of pyridine rings is 1. The first-order valence-corrected chi connectivity index (χ1v) is 8.97. The van der Waals surface area contributed by atoms with Gasteiger partial charge in [0.15, 0.2) is 5.82 Å². The fourth-order valence-corrected chi connectivity index (χ4v) is 2.94. The van der Waals surface area contributed by atoms with E-state index in [-0.39, 0.29) is 28.8 Å². The van der Waals surface area contributed by atoms with Crippen molar-refractivity contribution < 1.29 is 16.8 Å². The SMILES string of the molecule is CS(=O)(=O)NCCNS(=O)(=O)c1cnc(NN)c(Cl)c1. The number of nitrogens with zero attached hydrogens (tertiary/aromatic N) is 1. The van der Waals surface area contributed by atoms with Gasteiger partial charge in [-0.2, -0.15) is 0 Å². The standard InChI is InChI=1S/C8H14ClN5O4S2/c1-19(15,16)12-2-3-13-20(17,18)6-4-7(9)8(14-10)11-5-6/h4-5,12-13H,2-3,10H2,1H3,(H,11,14). The highest BCUT2D eigenvalue weighted by Gasteiger charge is 2.16. The summed E-state index contributed by atoms with van der Waals surface area (Å²) < 4.78 is 49.7. The first kappa shape index (κ1) is 17.1. The quantitative estimate of drug-likeness (QED) is 0.278. The van der Waals surface area contributed by atoms with Gasteiger partial charge in [-0.15, -0.1) is 0 Å². The molecule has 9 nitrogen and oxygen atoms in total. The molecule has 0 spiro atoms. The Labute approximate surface area is 122 Å². The third kappa shape index (κ3) is 5.19. The van der Waals surface area contributed by atoms with E-state index >= 15 is 0 Å². The lowest BCUT2D eigenvalue weighted by Gasteiger charge is -2.08. The Hall–Kier alpha value is -0.980. The van der Waals surface area contributed by atoms with E-state index in [0.717, 1.165) is 12.5 Å². The minimum absolute atomic E-state index is 0.0460. The molecule has 0 saturated heterocycles. The van der Waals surface area contributed by atoms with Crippen LogP contribution in [0.1, 0.15) is 0 Å². The van der Waals surface area contributed by atoms with Crippen molar-refractivity contribution >= 4 is 37.5 Å². The third-order valence-electron chi connectivity index (χ3n) is 2.04. The van der Waals surface area contributed by atoms with Gasteiger partial charge >= 0.3 is 0 Å². The molecule has 0 aliphatic heterocycles. The van der Waals surface area contributed by atoms with E-state index in [1.807, 2.05) is 0 Å². The summed E-state index contributed by atoms with van der Waals surface area (Å²) in [5, 5.41) is 0.0460. The molecule has 1 rings (SSSR count). The second-order valence-electron chi connectivity index (χ2n) is 3.71. The van der Waals surface area contributed by atoms with Gasteiger partial charge in [0.05, 0.1) is 11.3 Å². The number of sulfonamides is 2. The summed E-state index contributed by atoms with van der Waals surface area (Å²) in [5.41, 5.74) is 2.21. The van der Waals surface area contributed by atoms with Crippen molar-refractivity contribution in [1.82, 2.24) is 14.4 Å². The molecule has 5 N–H and O–H groups in total. The van der Waals surface area contributed by atoms with E-state index in [1.165, 1.54) is 6.07 Å². The molecule has 0 aliphatic rings. The van der Waals surface area contributed by atoms with E-state index in [9.17, 15) is 16.8 Å². The number of rotatable bonds is 7. The number of nitrogens with two attached hydrogens (primary N) is 1. The van der Waals surface area contributed by atoms with E-state index in [1.54, 1.807) is 0 Å². The summed E-state index contributed by atoms with van der Waals surface area (Å²) in [6, 6.07) is 1.18. The summed E-state index contributed by atoms with van der Waals surface area (Å²) in [6.07, 6.45) is 2.05. The molecule has 0 bridgehead atoms. The predicted molar refractivity (Wildman–Crippen MR) is 75.1 cm³/mol. The Balaban J connectivity index is 2.72. The van der Waals surface area contributed by atoms with Gasteiger partial charge in [-0.3, -0.25) is 0 Å². The predicted octanol–water partition coefficient (Wildman–Crippen LogP) is -1.15. The first-order valence-electron chi connectivity index (χ1n) is 5.22. The number of anilines is 1. The minimum atomic E-state index is -3.83. The molecule has 0 aromatic carbocycles. The van der Waals surface area contributed by atoms with Crippen LogP contribution in [0.5, 0.6) is 0 Å². The van der Waals surface area contributed by atoms with Crippen LogP contribution in [0.4, 0.5) is 5.82 Å². The van der Waals surface area contributed by atoms with E-state index in [4.69, 9.17) is 17.4 Å². The van der Waals surface area contributed by atoms with Crippen LogP contribution < -0.4 is 20.7 Å². The molecule has 0 unspecified atom stereocenters. The molecular formula is C8H14ClN5O4S2. The Morgan fingerprint density at radius 1 is 1.25 bits per heavy atom. The molecule has 0 fully saturated rings. The van der Waals surface area contributed by atoms with E-state index < -0.39 is 20.0 Å². The molecule has 1 heterocycles. The highest BCUT2D eigenvalue weighted by Crippen LogP contribution is 2.21. The van der Waals surface area contributed by atoms with Crippen molar-refractivity contribution in [3.05, 3.63) is 17.3 Å². The van der Waals surface area contributed by atoms with Gasteiger partial charge in [-0.25, -0.2) is 37.1 Å². The number of nitrogen functional groups attached to an aromatic ring is 1. The van der Waals surface area contributed by atoms with Gasteiger partial charge in [-0.1, -0.05) is 11.6 Å². The summed E-state index contributed by atoms with van der Waals surface area (Å²) in [6.45, 7) is -0.175. The van der Waals surface area contributed by atoms with Gasteiger partial charge in [-0.05, 0) is 6.07 Å². The Morgan fingerprint density at radius 2 is 1.85 bits per heavy atom. The van der Waals surface area contributed by atoms with Gasteiger partial charge in [0, 0.05) is 19.3 Å². The first-order chi connectivity index (χ1) is 9.15. The maximum atomic E-state index is 11.9. The number of halogens is 1. The average molecular weight is 344 g/mol. The fraction of sp³-hybridized carbons (Fsp3) is 0.375. The lowest BCUT2D eigenvalue weighted by molar-refractivity contribution is 0.573. The van der Waals surface area contributed by atoms with Crippen LogP contribution in [0.2, 0.25) is 5.02 Å². The number of nitrogens with one attached hydrogen (secondary N) is 3. The molecule has 1 aromatic heterocycles. The van der Waals surface area contributed by atoms with Crippen LogP contribution >= 0.6 is 11.6 Å². The topological polar surface area (TPSA) is 143 Å². The van der Waals surface area contributed by atoms with Crippen LogP contribution in [0.15, 0.2) is 17.2 Å². The second-order valence-corrected chi connectivity index (χ2v) is 7.72. The van der Waals surface area contributed by atoms with Crippen LogP contribution in [0, 0.1) is 0 Å². The fourth-order valence-electron chi connectivity index (χ4n) is 1.18. The van der Waals surface area contributed by atoms with Crippen molar-refractivity contribution in [3.63, 3.8) is 0 Å². The summed E-state index contributed by atoms with van der Waals surface area (Å²) in [4.78, 5) is 3.58. The molecule has 0 amide bonds. The van der Waals surface area contributed by atoms with E-state index in [0.29, 0.717) is 0 Å². The van der Waals surface area contributed by atoms with E-state index in [2.05, 4.69) is 19.9 Å². The van der Waals surface area contributed by atoms with Gasteiger partial charge in [0.25, 0.3) is 0 Å². The molecular weight excluding hydrogens is 330 g/mol. The normalized spacial score (nSPS) is 12.3. The number of hydrazine groups is 1. The maximum absolute atomic E-state index is 11.9. The van der Waals surface area contributed by atoms with Gasteiger partial charge in [0.2, 0.25) is 20.0 Å². The summed E-state index contributed by atoms with van der Waals surface area (Å²) in [5.74, 6) is 5.26. The van der Waals surface area contributed by atoms with Crippen LogP contribution in [0.3, 0.4) is 0 Å². The molecule has 114 valence electrons. The Morgan fingerprint density at radius 3 is 2.35 bits per heavy atom. The molecule has 20 heavy (non-hydrogen) atoms. The zero-order chi connectivity index (χ0) is 15.4. The van der Waals surface area contributed by atoms with Crippen LogP contribution in [0.25, 0.3) is 0 Å². The highest BCUT2D eigenvalue weighted by molar-refractivity contribution is 7.89. The Kier molecular flexibility index (Phi) is 5.68. The minimum Gasteiger partial charge on any atom is -0.307 e. The maximum Gasteiger partial charge on any atom is 0.242 e. The third-order valence-corrected chi connectivity index (χ3v) is 4.49. The van der Waals surface area contributed by atoms with Crippen molar-refractivity contribution in [2.24, 2.45) is 5.84 Å². The zero-order valence-corrected chi connectivity index (χ0v) is 12.8. The smallest absolute Gasteiger partial charge is 0.242 e. The summed E-state index contributed by atoms with van der Waals surface area (Å²) in [7, 11) is -7.19. The molecule has 12 heteroatoms.